The Balaban J connectivity index is 1.98. The van der Waals surface area contributed by atoms with E-state index >= 15 is 0 Å². The van der Waals surface area contributed by atoms with Crippen molar-refractivity contribution in [1.82, 2.24) is 4.57 Å². The topological polar surface area (TPSA) is 17.3 Å². The summed E-state index contributed by atoms with van der Waals surface area (Å²) in [6.07, 6.45) is 0. The van der Waals surface area contributed by atoms with Crippen molar-refractivity contribution in [1.29, 1.82) is 0 Å². The molecule has 134 valence electrons. The van der Waals surface area contributed by atoms with Crippen molar-refractivity contribution in [3.63, 3.8) is 0 Å². The van der Waals surface area contributed by atoms with Gasteiger partial charge in [0, 0.05) is 6.54 Å². The van der Waals surface area contributed by atoms with E-state index in [9.17, 15) is 0 Å². The first-order valence-corrected chi connectivity index (χ1v) is 10.0. The van der Waals surface area contributed by atoms with E-state index in [2.05, 4.69) is 103 Å². The highest BCUT2D eigenvalue weighted by Crippen LogP contribution is 2.34. The Labute approximate surface area is 164 Å². The number of hydrogen-bond acceptors (Lipinski definition) is 2. The van der Waals surface area contributed by atoms with Gasteiger partial charge in [0.2, 0.25) is 0 Å². The van der Waals surface area contributed by atoms with E-state index in [1.165, 1.54) is 27.3 Å². The van der Waals surface area contributed by atoms with Crippen LogP contribution in [0.15, 0.2) is 89.9 Å². The first kappa shape index (κ1) is 17.5. The van der Waals surface area contributed by atoms with Gasteiger partial charge in [-0.2, -0.15) is 0 Å². The third-order valence-corrected chi connectivity index (χ3v) is 5.69. The van der Waals surface area contributed by atoms with E-state index < -0.39 is 0 Å². The van der Waals surface area contributed by atoms with Crippen LogP contribution in [0.3, 0.4) is 0 Å². The van der Waals surface area contributed by atoms with E-state index in [1.807, 2.05) is 0 Å². The standard InChI is InChI=1S/C24H22N2S/c1-3-26-22(19-10-6-4-7-11-19)23(20-12-8-5-9-13-20)27-24(26)25-21-16-14-18(2)15-17-21/h4-17H,3H2,1-2H3. The van der Waals surface area contributed by atoms with Gasteiger partial charge in [-0.25, -0.2) is 4.99 Å². The molecule has 4 aromatic rings. The van der Waals surface area contributed by atoms with Gasteiger partial charge in [0.15, 0.2) is 4.80 Å². The summed E-state index contributed by atoms with van der Waals surface area (Å²) < 4.78 is 2.32. The largest absolute Gasteiger partial charge is 0.316 e. The number of aromatic nitrogens is 1. The lowest BCUT2D eigenvalue weighted by Gasteiger charge is -2.09. The van der Waals surface area contributed by atoms with Crippen LogP contribution in [0.5, 0.6) is 0 Å². The lowest BCUT2D eigenvalue weighted by molar-refractivity contribution is 0.745. The molecule has 3 aromatic carbocycles. The highest BCUT2D eigenvalue weighted by atomic mass is 32.1. The Morgan fingerprint density at radius 2 is 1.37 bits per heavy atom. The molecule has 1 aromatic heterocycles. The van der Waals surface area contributed by atoms with Crippen LogP contribution in [0.4, 0.5) is 5.69 Å². The van der Waals surface area contributed by atoms with Gasteiger partial charge in [0.05, 0.1) is 16.3 Å². The lowest BCUT2D eigenvalue weighted by atomic mass is 10.1. The van der Waals surface area contributed by atoms with Crippen LogP contribution in [-0.4, -0.2) is 4.57 Å². The van der Waals surface area contributed by atoms with Gasteiger partial charge in [-0.1, -0.05) is 89.7 Å². The van der Waals surface area contributed by atoms with Crippen LogP contribution in [0.25, 0.3) is 21.7 Å². The third kappa shape index (κ3) is 3.64. The molecule has 2 nitrogen and oxygen atoms in total. The highest BCUT2D eigenvalue weighted by Gasteiger charge is 2.16. The van der Waals surface area contributed by atoms with E-state index in [0.717, 1.165) is 17.0 Å². The summed E-state index contributed by atoms with van der Waals surface area (Å²) in [5.74, 6) is 0. The smallest absolute Gasteiger partial charge is 0.190 e. The zero-order chi connectivity index (χ0) is 18.6. The van der Waals surface area contributed by atoms with Gasteiger partial charge < -0.3 is 4.57 Å². The second-order valence-corrected chi connectivity index (χ2v) is 7.46. The van der Waals surface area contributed by atoms with Gasteiger partial charge in [-0.15, -0.1) is 0 Å². The van der Waals surface area contributed by atoms with E-state index in [0.29, 0.717) is 0 Å². The molecule has 0 radical (unpaired) electrons. The average Bonchev–Trinajstić information content (AvgIpc) is 3.09. The summed E-state index contributed by atoms with van der Waals surface area (Å²) in [4.78, 5) is 7.25. The van der Waals surface area contributed by atoms with Crippen LogP contribution in [0.2, 0.25) is 0 Å². The normalized spacial score (nSPS) is 11.7. The third-order valence-electron chi connectivity index (χ3n) is 4.57. The number of thiazole rings is 1. The van der Waals surface area contributed by atoms with Crippen molar-refractivity contribution < 1.29 is 0 Å². The summed E-state index contributed by atoms with van der Waals surface area (Å²) in [7, 11) is 0. The molecular formula is C24H22N2S. The molecule has 0 N–H and O–H groups in total. The van der Waals surface area contributed by atoms with Crippen molar-refractivity contribution >= 4 is 17.0 Å². The van der Waals surface area contributed by atoms with Crippen LogP contribution >= 0.6 is 11.3 Å². The fourth-order valence-electron chi connectivity index (χ4n) is 3.19. The average molecular weight is 371 g/mol. The molecule has 0 aliphatic heterocycles. The van der Waals surface area contributed by atoms with Crippen molar-refractivity contribution in [3.8, 4) is 21.7 Å². The Morgan fingerprint density at radius 3 is 1.96 bits per heavy atom. The molecule has 27 heavy (non-hydrogen) atoms. The first-order chi connectivity index (χ1) is 13.3. The Kier molecular flexibility index (Phi) is 5.03. The van der Waals surface area contributed by atoms with Crippen molar-refractivity contribution in [2.24, 2.45) is 4.99 Å². The number of hydrogen-bond donors (Lipinski definition) is 0. The molecule has 0 fully saturated rings. The van der Waals surface area contributed by atoms with Gasteiger partial charge in [0.1, 0.15) is 0 Å². The Bertz CT molecular complexity index is 1090. The molecule has 3 heteroatoms. The quantitative estimate of drug-likeness (QED) is 0.393. The minimum absolute atomic E-state index is 0.873. The molecule has 0 amide bonds. The van der Waals surface area contributed by atoms with E-state index in [1.54, 1.807) is 11.3 Å². The Morgan fingerprint density at radius 1 is 0.778 bits per heavy atom. The summed E-state index contributed by atoms with van der Waals surface area (Å²) in [6, 6.07) is 29.6. The zero-order valence-corrected chi connectivity index (χ0v) is 16.4. The molecule has 0 saturated carbocycles. The summed E-state index contributed by atoms with van der Waals surface area (Å²) in [5, 5.41) is 0. The molecule has 0 atom stereocenters. The molecule has 4 rings (SSSR count). The monoisotopic (exact) mass is 370 g/mol. The lowest BCUT2D eigenvalue weighted by Crippen LogP contribution is -2.14. The molecule has 0 spiro atoms. The summed E-state index contributed by atoms with van der Waals surface area (Å²) in [6.45, 7) is 5.16. The number of rotatable bonds is 4. The van der Waals surface area contributed by atoms with Crippen molar-refractivity contribution in [2.75, 3.05) is 0 Å². The molecule has 0 aliphatic carbocycles. The molecule has 0 saturated heterocycles. The molecule has 0 aliphatic rings. The van der Waals surface area contributed by atoms with Crippen LogP contribution in [0, 0.1) is 6.92 Å². The van der Waals surface area contributed by atoms with Crippen LogP contribution < -0.4 is 4.80 Å². The zero-order valence-electron chi connectivity index (χ0n) is 15.6. The number of aryl methyl sites for hydroxylation is 1. The van der Waals surface area contributed by atoms with Crippen molar-refractivity contribution in [2.45, 2.75) is 20.4 Å². The predicted molar refractivity (Wildman–Crippen MR) is 115 cm³/mol. The Hall–Kier alpha value is -2.91. The SMILES string of the molecule is CCn1c(-c2ccccc2)c(-c2ccccc2)sc1=Nc1ccc(C)cc1. The van der Waals surface area contributed by atoms with Crippen molar-refractivity contribution in [3.05, 3.63) is 95.3 Å². The first-order valence-electron chi connectivity index (χ1n) is 9.22. The molecule has 1 heterocycles. The molecule has 0 unspecified atom stereocenters. The summed E-state index contributed by atoms with van der Waals surface area (Å²) in [5.41, 5.74) is 5.93. The predicted octanol–water partition coefficient (Wildman–Crippen LogP) is 6.44. The minimum Gasteiger partial charge on any atom is -0.316 e. The van der Waals surface area contributed by atoms with E-state index in [-0.39, 0.29) is 0 Å². The van der Waals surface area contributed by atoms with Gasteiger partial charge in [-0.05, 0) is 37.1 Å². The van der Waals surface area contributed by atoms with Gasteiger partial charge in [0.25, 0.3) is 0 Å². The fraction of sp³-hybridized carbons (Fsp3) is 0.125. The summed E-state index contributed by atoms with van der Waals surface area (Å²) >= 11 is 1.75. The minimum atomic E-state index is 0.873. The number of nitrogens with zero attached hydrogens (tertiary/aromatic N) is 2. The second-order valence-electron chi connectivity index (χ2n) is 6.49. The maximum Gasteiger partial charge on any atom is 0.190 e. The molecule has 0 bridgehead atoms. The van der Waals surface area contributed by atoms with Crippen LogP contribution in [0.1, 0.15) is 12.5 Å². The van der Waals surface area contributed by atoms with Gasteiger partial charge >= 0.3 is 0 Å². The number of benzene rings is 3. The molecular weight excluding hydrogens is 348 g/mol. The van der Waals surface area contributed by atoms with Gasteiger partial charge in [-0.3, -0.25) is 0 Å². The highest BCUT2D eigenvalue weighted by molar-refractivity contribution is 7.13. The maximum absolute atomic E-state index is 4.97. The van der Waals surface area contributed by atoms with E-state index in [4.69, 9.17) is 4.99 Å². The second kappa shape index (κ2) is 7.77. The fourth-order valence-corrected chi connectivity index (χ4v) is 4.43. The maximum atomic E-state index is 4.97. The van der Waals surface area contributed by atoms with Crippen LogP contribution in [-0.2, 0) is 6.54 Å².